The zero-order chi connectivity index (χ0) is 20.5. The molecule has 0 radical (unpaired) electrons. The number of likely N-dealkylation sites (tertiary alicyclic amines) is 1. The molecule has 2 saturated heterocycles. The van der Waals surface area contributed by atoms with E-state index in [4.69, 9.17) is 4.42 Å². The van der Waals surface area contributed by atoms with E-state index in [9.17, 15) is 19.2 Å². The van der Waals surface area contributed by atoms with Gasteiger partial charge in [0.15, 0.2) is 5.58 Å². The molecule has 2 aliphatic heterocycles. The van der Waals surface area contributed by atoms with E-state index in [1.54, 1.807) is 41.0 Å². The molecular weight excluding hydrogens is 376 g/mol. The van der Waals surface area contributed by atoms with E-state index in [1.165, 1.54) is 9.47 Å². The largest absolute Gasteiger partial charge is 0.420 e. The second kappa shape index (κ2) is 7.73. The van der Waals surface area contributed by atoms with Crippen molar-refractivity contribution in [2.45, 2.75) is 25.8 Å². The van der Waals surface area contributed by atoms with Gasteiger partial charge in [0.05, 0.1) is 5.52 Å². The summed E-state index contributed by atoms with van der Waals surface area (Å²) in [6.07, 6.45) is 1.86. The number of rotatable bonds is 2. The highest BCUT2D eigenvalue weighted by Crippen LogP contribution is 2.19. The number of fused-ring (bicyclic) bond motifs is 1. The summed E-state index contributed by atoms with van der Waals surface area (Å²) in [6, 6.07) is 6.25. The third-order valence-corrected chi connectivity index (χ3v) is 5.72. The molecule has 29 heavy (non-hydrogen) atoms. The van der Waals surface area contributed by atoms with Gasteiger partial charge in [0, 0.05) is 39.3 Å². The van der Waals surface area contributed by atoms with Crippen molar-refractivity contribution in [3.8, 4) is 0 Å². The molecule has 3 heterocycles. The van der Waals surface area contributed by atoms with Crippen molar-refractivity contribution in [2.75, 3.05) is 39.3 Å². The van der Waals surface area contributed by atoms with Crippen LogP contribution in [0.1, 0.15) is 25.8 Å². The average Bonchev–Trinajstić information content (AvgIpc) is 3.39. The number of nitrogens with zero attached hydrogens (tertiary/aromatic N) is 4. The maximum absolute atomic E-state index is 13.0. The fourth-order valence-corrected chi connectivity index (χ4v) is 4.05. The molecule has 1 atom stereocenters. The lowest BCUT2D eigenvalue weighted by molar-refractivity contribution is -0.153. The fourth-order valence-electron chi connectivity index (χ4n) is 4.05. The number of para-hydroxylation sites is 2. The van der Waals surface area contributed by atoms with Gasteiger partial charge in [-0.1, -0.05) is 12.1 Å². The molecule has 0 saturated carbocycles. The van der Waals surface area contributed by atoms with Crippen LogP contribution in [0.25, 0.3) is 11.1 Å². The van der Waals surface area contributed by atoms with Crippen molar-refractivity contribution in [3.05, 3.63) is 34.8 Å². The Kier molecular flexibility index (Phi) is 5.12. The Morgan fingerprint density at radius 1 is 0.862 bits per heavy atom. The van der Waals surface area contributed by atoms with Crippen molar-refractivity contribution in [3.63, 3.8) is 0 Å². The first-order chi connectivity index (χ1) is 14.0. The van der Waals surface area contributed by atoms with Crippen LogP contribution in [0.2, 0.25) is 0 Å². The van der Waals surface area contributed by atoms with Gasteiger partial charge in [-0.15, -0.1) is 0 Å². The summed E-state index contributed by atoms with van der Waals surface area (Å²) < 4.78 is 6.58. The number of carbonyl (C=O) groups excluding carboxylic acids is 3. The molecule has 2 aliphatic rings. The molecule has 9 nitrogen and oxygen atoms in total. The molecule has 0 bridgehead atoms. The zero-order valence-corrected chi connectivity index (χ0v) is 16.4. The first-order valence-corrected chi connectivity index (χ1v) is 9.94. The number of carbonyl (C=O) groups is 3. The SMILES string of the molecule is CC(C(=O)N1CCN(C(=O)C(=O)N2CCCC2)CC1)n1c(=O)oc2ccccc21. The predicted molar refractivity (Wildman–Crippen MR) is 104 cm³/mol. The van der Waals surface area contributed by atoms with Gasteiger partial charge in [-0.3, -0.25) is 19.0 Å². The van der Waals surface area contributed by atoms with Crippen LogP contribution in [0.15, 0.2) is 33.5 Å². The highest BCUT2D eigenvalue weighted by Gasteiger charge is 2.33. The highest BCUT2D eigenvalue weighted by atomic mass is 16.4. The molecule has 1 aromatic carbocycles. The van der Waals surface area contributed by atoms with E-state index < -0.39 is 23.6 Å². The van der Waals surface area contributed by atoms with Crippen LogP contribution in [-0.2, 0) is 14.4 Å². The Hall–Kier alpha value is -3.10. The molecule has 0 spiro atoms. The molecule has 3 amide bonds. The maximum Gasteiger partial charge on any atom is 0.420 e. The van der Waals surface area contributed by atoms with E-state index in [2.05, 4.69) is 0 Å². The van der Waals surface area contributed by atoms with Crippen LogP contribution in [0, 0.1) is 0 Å². The lowest BCUT2D eigenvalue weighted by atomic mass is 10.2. The molecule has 154 valence electrons. The summed E-state index contributed by atoms with van der Waals surface area (Å²) >= 11 is 0. The van der Waals surface area contributed by atoms with Crippen molar-refractivity contribution in [1.29, 1.82) is 0 Å². The highest BCUT2D eigenvalue weighted by molar-refractivity contribution is 6.35. The van der Waals surface area contributed by atoms with Gasteiger partial charge in [0.25, 0.3) is 0 Å². The second-order valence-corrected chi connectivity index (χ2v) is 7.50. The van der Waals surface area contributed by atoms with E-state index in [0.717, 1.165) is 12.8 Å². The molecule has 1 unspecified atom stereocenters. The topological polar surface area (TPSA) is 96.1 Å². The van der Waals surface area contributed by atoms with Gasteiger partial charge in [-0.25, -0.2) is 4.79 Å². The first kappa shape index (κ1) is 19.2. The van der Waals surface area contributed by atoms with Crippen LogP contribution in [-0.4, -0.2) is 76.3 Å². The predicted octanol–water partition coefficient (Wildman–Crippen LogP) is 0.449. The van der Waals surface area contributed by atoms with Crippen LogP contribution in [0.4, 0.5) is 0 Å². The molecule has 4 rings (SSSR count). The lowest BCUT2D eigenvalue weighted by Crippen LogP contribution is -2.55. The number of benzene rings is 1. The van der Waals surface area contributed by atoms with Crippen LogP contribution in [0.3, 0.4) is 0 Å². The summed E-state index contributed by atoms with van der Waals surface area (Å²) in [5.41, 5.74) is 1.01. The Labute approximate surface area is 167 Å². The van der Waals surface area contributed by atoms with Gasteiger partial charge in [-0.2, -0.15) is 0 Å². The van der Waals surface area contributed by atoms with Crippen molar-refractivity contribution < 1.29 is 18.8 Å². The summed E-state index contributed by atoms with van der Waals surface area (Å²) in [7, 11) is 0. The summed E-state index contributed by atoms with van der Waals surface area (Å²) in [6.45, 7) is 4.19. The first-order valence-electron chi connectivity index (χ1n) is 9.94. The van der Waals surface area contributed by atoms with Crippen LogP contribution < -0.4 is 5.76 Å². The quantitative estimate of drug-likeness (QED) is 0.682. The standard InChI is InChI=1S/C20H24N4O5/c1-14(24-15-6-2-3-7-16(15)29-20(24)28)17(25)22-10-12-23(13-11-22)19(27)18(26)21-8-4-5-9-21/h2-3,6-7,14H,4-5,8-13H2,1H3. The average molecular weight is 400 g/mol. The van der Waals surface area contributed by atoms with Gasteiger partial charge in [-0.05, 0) is 31.9 Å². The monoisotopic (exact) mass is 400 g/mol. The molecule has 2 fully saturated rings. The Bertz CT molecular complexity index is 996. The van der Waals surface area contributed by atoms with Crippen molar-refractivity contribution >= 4 is 28.8 Å². The third-order valence-electron chi connectivity index (χ3n) is 5.72. The summed E-state index contributed by atoms with van der Waals surface area (Å²) in [5, 5.41) is 0. The smallest absolute Gasteiger partial charge is 0.408 e. The van der Waals surface area contributed by atoms with Gasteiger partial charge in [0.2, 0.25) is 5.91 Å². The van der Waals surface area contributed by atoms with E-state index in [0.29, 0.717) is 50.4 Å². The zero-order valence-electron chi connectivity index (χ0n) is 16.4. The molecule has 0 aliphatic carbocycles. The van der Waals surface area contributed by atoms with Crippen molar-refractivity contribution in [2.24, 2.45) is 0 Å². The van der Waals surface area contributed by atoms with Crippen LogP contribution >= 0.6 is 0 Å². The number of aromatic nitrogens is 1. The van der Waals surface area contributed by atoms with Gasteiger partial charge >= 0.3 is 17.6 Å². The lowest BCUT2D eigenvalue weighted by Gasteiger charge is -2.36. The number of piperazine rings is 1. The Morgan fingerprint density at radius 3 is 2.07 bits per heavy atom. The number of amides is 3. The van der Waals surface area contributed by atoms with Crippen molar-refractivity contribution in [1.82, 2.24) is 19.3 Å². The molecular formula is C20H24N4O5. The normalized spacial score (nSPS) is 18.3. The van der Waals surface area contributed by atoms with Gasteiger partial charge in [0.1, 0.15) is 6.04 Å². The third kappa shape index (κ3) is 3.52. The van der Waals surface area contributed by atoms with E-state index >= 15 is 0 Å². The second-order valence-electron chi connectivity index (χ2n) is 7.50. The molecule has 1 aromatic heterocycles. The maximum atomic E-state index is 13.0. The summed E-state index contributed by atoms with van der Waals surface area (Å²) in [4.78, 5) is 54.7. The number of oxazole rings is 1. The molecule has 0 N–H and O–H groups in total. The number of hydrogen-bond acceptors (Lipinski definition) is 5. The fraction of sp³-hybridized carbons (Fsp3) is 0.500. The van der Waals surface area contributed by atoms with Gasteiger partial charge < -0.3 is 19.1 Å². The van der Waals surface area contributed by atoms with Crippen LogP contribution in [0.5, 0.6) is 0 Å². The van der Waals surface area contributed by atoms with E-state index in [-0.39, 0.29) is 5.91 Å². The minimum absolute atomic E-state index is 0.211. The molecule has 9 heteroatoms. The van der Waals surface area contributed by atoms with E-state index in [1.807, 2.05) is 0 Å². The Balaban J connectivity index is 1.41. The Morgan fingerprint density at radius 2 is 1.41 bits per heavy atom. The molecule has 2 aromatic rings. The number of hydrogen-bond donors (Lipinski definition) is 0. The summed E-state index contributed by atoms with van der Waals surface area (Å²) in [5.74, 6) is -1.73. The minimum Gasteiger partial charge on any atom is -0.408 e. The minimum atomic E-state index is -0.723.